The highest BCUT2D eigenvalue weighted by atomic mass is 79.9. The van der Waals surface area contributed by atoms with Crippen molar-refractivity contribution in [2.45, 2.75) is 65.2 Å². The first-order valence-corrected chi connectivity index (χ1v) is 15.7. The van der Waals surface area contributed by atoms with E-state index in [4.69, 9.17) is 0 Å². The van der Waals surface area contributed by atoms with Crippen LogP contribution >= 0.6 is 31.9 Å². The van der Waals surface area contributed by atoms with Crippen LogP contribution in [0.25, 0.3) is 43.8 Å². The molecule has 0 nitrogen and oxygen atoms in total. The third kappa shape index (κ3) is 3.90. The van der Waals surface area contributed by atoms with Crippen molar-refractivity contribution in [3.63, 3.8) is 0 Å². The molecule has 0 aliphatic heterocycles. The van der Waals surface area contributed by atoms with Crippen LogP contribution in [-0.2, 0) is 25.7 Å². The molecule has 0 N–H and O–H groups in total. The molecule has 2 aliphatic carbocycles. The van der Waals surface area contributed by atoms with Crippen molar-refractivity contribution in [1.29, 1.82) is 0 Å². The predicted octanol–water partition coefficient (Wildman–Crippen LogP) is 11.2. The minimum atomic E-state index is 1.16. The van der Waals surface area contributed by atoms with E-state index in [-0.39, 0.29) is 0 Å². The zero-order valence-corrected chi connectivity index (χ0v) is 25.4. The smallest absolute Gasteiger partial charge is 0.0210 e. The van der Waals surface area contributed by atoms with E-state index in [9.17, 15) is 0 Å². The van der Waals surface area contributed by atoms with Gasteiger partial charge in [0.05, 0.1) is 0 Å². The number of aryl methyl sites for hydroxylation is 2. The Bertz CT molecular complexity index is 1630. The monoisotopic (exact) mass is 622 g/mol. The van der Waals surface area contributed by atoms with Gasteiger partial charge in [-0.1, -0.05) is 91.5 Å². The zero-order valence-electron chi connectivity index (χ0n) is 22.2. The van der Waals surface area contributed by atoms with Gasteiger partial charge in [-0.2, -0.15) is 0 Å². The molecule has 2 heteroatoms. The number of rotatable bonds is 2. The number of hydrogen-bond donors (Lipinski definition) is 0. The van der Waals surface area contributed by atoms with E-state index in [0.717, 1.165) is 12.8 Å². The molecule has 0 bridgehead atoms. The van der Waals surface area contributed by atoms with Crippen molar-refractivity contribution in [1.82, 2.24) is 0 Å². The van der Waals surface area contributed by atoms with Gasteiger partial charge in [-0.15, -0.1) is 0 Å². The van der Waals surface area contributed by atoms with E-state index in [1.54, 1.807) is 11.1 Å². The lowest BCUT2D eigenvalue weighted by atomic mass is 9.78. The summed E-state index contributed by atoms with van der Waals surface area (Å²) < 4.78 is 2.55. The summed E-state index contributed by atoms with van der Waals surface area (Å²) in [5.41, 5.74) is 14.4. The number of benzene rings is 5. The van der Waals surface area contributed by atoms with Crippen LogP contribution < -0.4 is 0 Å². The highest BCUT2D eigenvalue weighted by Crippen LogP contribution is 2.48. The summed E-state index contributed by atoms with van der Waals surface area (Å²) in [5, 5.41) is 5.54. The van der Waals surface area contributed by atoms with Crippen molar-refractivity contribution in [2.75, 3.05) is 0 Å². The molecule has 0 fully saturated rings. The third-order valence-corrected chi connectivity index (χ3v) is 10.4. The molecule has 2 aliphatic rings. The second kappa shape index (κ2) is 9.65. The van der Waals surface area contributed by atoms with Gasteiger partial charge in [-0.25, -0.2) is 0 Å². The summed E-state index contributed by atoms with van der Waals surface area (Å²) in [5.74, 6) is 0. The Kier molecular flexibility index (Phi) is 6.25. The molecule has 190 valence electrons. The third-order valence-electron chi connectivity index (χ3n) is 8.92. The van der Waals surface area contributed by atoms with E-state index < -0.39 is 0 Å². The molecule has 0 saturated carbocycles. The van der Waals surface area contributed by atoms with Crippen LogP contribution in [0.2, 0.25) is 0 Å². The summed E-state index contributed by atoms with van der Waals surface area (Å²) in [6.45, 7) is 4.47. The summed E-state index contributed by atoms with van der Waals surface area (Å²) in [6.07, 6.45) is 9.76. The molecule has 0 amide bonds. The van der Waals surface area contributed by atoms with Crippen molar-refractivity contribution in [3.05, 3.63) is 103 Å². The highest BCUT2D eigenvalue weighted by Gasteiger charge is 2.25. The molecular formula is C36H32Br2. The standard InChI is InChI=1S/C36H32Br2/c1-21-11-13-29-31(19-21)35(27-15-17-33(37)25-9-5-3-7-23(25)27)30-14-12-22(2)20-32(30)36(29)28-16-18-34(38)26-10-6-4-8-24(26)28/h11-20H,3-10H2,1-2H3. The second-order valence-corrected chi connectivity index (χ2v) is 13.1. The lowest BCUT2D eigenvalue weighted by Gasteiger charge is -2.26. The maximum absolute atomic E-state index is 3.89. The van der Waals surface area contributed by atoms with Gasteiger partial charge in [0.15, 0.2) is 0 Å². The van der Waals surface area contributed by atoms with E-state index in [2.05, 4.69) is 106 Å². The molecule has 0 radical (unpaired) electrons. The van der Waals surface area contributed by atoms with Crippen molar-refractivity contribution in [3.8, 4) is 22.3 Å². The first-order valence-electron chi connectivity index (χ1n) is 14.1. The van der Waals surface area contributed by atoms with E-state index in [0.29, 0.717) is 0 Å². The van der Waals surface area contributed by atoms with Crippen LogP contribution in [0, 0.1) is 13.8 Å². The van der Waals surface area contributed by atoms with E-state index in [1.165, 1.54) is 114 Å². The Morgan fingerprint density at radius 2 is 0.842 bits per heavy atom. The Morgan fingerprint density at radius 1 is 0.447 bits per heavy atom. The van der Waals surface area contributed by atoms with E-state index >= 15 is 0 Å². The Hall–Kier alpha value is -2.42. The molecule has 0 atom stereocenters. The Labute approximate surface area is 242 Å². The van der Waals surface area contributed by atoms with Crippen LogP contribution in [0.3, 0.4) is 0 Å². The fourth-order valence-electron chi connectivity index (χ4n) is 7.15. The maximum atomic E-state index is 3.89. The predicted molar refractivity (Wildman–Crippen MR) is 170 cm³/mol. The number of fused-ring (bicyclic) bond motifs is 4. The van der Waals surface area contributed by atoms with Crippen LogP contribution in [0.4, 0.5) is 0 Å². The number of halogens is 2. The van der Waals surface area contributed by atoms with Crippen molar-refractivity contribution >= 4 is 53.4 Å². The molecular weight excluding hydrogens is 592 g/mol. The van der Waals surface area contributed by atoms with Gasteiger partial charge in [0.1, 0.15) is 0 Å². The normalized spacial score (nSPS) is 15.1. The van der Waals surface area contributed by atoms with Crippen LogP contribution in [0.15, 0.2) is 69.6 Å². The summed E-state index contributed by atoms with van der Waals surface area (Å²) >= 11 is 7.78. The molecule has 5 aromatic rings. The van der Waals surface area contributed by atoms with Gasteiger partial charge in [-0.05, 0) is 143 Å². The lowest BCUT2D eigenvalue weighted by Crippen LogP contribution is -2.07. The Morgan fingerprint density at radius 3 is 1.26 bits per heavy atom. The second-order valence-electron chi connectivity index (χ2n) is 11.4. The molecule has 7 rings (SSSR count). The SMILES string of the molecule is Cc1ccc2c(-c3ccc(Br)c4c3CCCC4)c3cc(C)ccc3c(-c3ccc(Br)c4c3CCCC4)c2c1. The highest BCUT2D eigenvalue weighted by molar-refractivity contribution is 9.10. The van der Waals surface area contributed by atoms with Crippen LogP contribution in [0.1, 0.15) is 59.1 Å². The maximum Gasteiger partial charge on any atom is 0.0210 e. The molecule has 0 heterocycles. The first-order chi connectivity index (χ1) is 18.5. The van der Waals surface area contributed by atoms with Crippen LogP contribution in [-0.4, -0.2) is 0 Å². The van der Waals surface area contributed by atoms with Crippen LogP contribution in [0.5, 0.6) is 0 Å². The molecule has 0 unspecified atom stereocenters. The van der Waals surface area contributed by atoms with Gasteiger partial charge in [0.2, 0.25) is 0 Å². The quantitative estimate of drug-likeness (QED) is 0.172. The van der Waals surface area contributed by atoms with Crippen molar-refractivity contribution in [2.24, 2.45) is 0 Å². The first kappa shape index (κ1) is 24.6. The van der Waals surface area contributed by atoms with Gasteiger partial charge in [0, 0.05) is 8.95 Å². The minimum absolute atomic E-state index is 1.16. The minimum Gasteiger partial charge on any atom is -0.0587 e. The number of hydrogen-bond acceptors (Lipinski definition) is 0. The molecule has 0 aromatic heterocycles. The molecule has 5 aromatic carbocycles. The van der Waals surface area contributed by atoms with E-state index in [1.807, 2.05) is 0 Å². The lowest BCUT2D eigenvalue weighted by molar-refractivity contribution is 0.684. The zero-order chi connectivity index (χ0) is 26.0. The van der Waals surface area contributed by atoms with Gasteiger partial charge in [0.25, 0.3) is 0 Å². The fourth-order valence-corrected chi connectivity index (χ4v) is 8.29. The Balaban J connectivity index is 1.66. The molecule has 38 heavy (non-hydrogen) atoms. The summed E-state index contributed by atoms with van der Waals surface area (Å²) in [7, 11) is 0. The summed E-state index contributed by atoms with van der Waals surface area (Å²) in [4.78, 5) is 0. The molecule has 0 saturated heterocycles. The van der Waals surface area contributed by atoms with Gasteiger partial charge in [-0.3, -0.25) is 0 Å². The largest absolute Gasteiger partial charge is 0.0587 e. The molecule has 0 spiro atoms. The van der Waals surface area contributed by atoms with Crippen molar-refractivity contribution < 1.29 is 0 Å². The van der Waals surface area contributed by atoms with Gasteiger partial charge >= 0.3 is 0 Å². The fraction of sp³-hybridized carbons (Fsp3) is 0.278. The average Bonchev–Trinajstić information content (AvgIpc) is 2.93. The summed E-state index contributed by atoms with van der Waals surface area (Å²) in [6, 6.07) is 23.6. The topological polar surface area (TPSA) is 0 Å². The average molecular weight is 624 g/mol. The van der Waals surface area contributed by atoms with Gasteiger partial charge < -0.3 is 0 Å².